The molecule has 0 saturated heterocycles. The van der Waals surface area contributed by atoms with E-state index in [0.717, 1.165) is 29.6 Å². The molecule has 2 heteroatoms. The summed E-state index contributed by atoms with van der Waals surface area (Å²) in [5.41, 5.74) is 4.72. The Morgan fingerprint density at radius 2 is 1.39 bits per heavy atom. The molecule has 28 heavy (non-hydrogen) atoms. The van der Waals surface area contributed by atoms with E-state index in [2.05, 4.69) is 60.4 Å². The predicted molar refractivity (Wildman–Crippen MR) is 119 cm³/mol. The van der Waals surface area contributed by atoms with E-state index in [1.54, 1.807) is 0 Å². The molecule has 0 aliphatic heterocycles. The van der Waals surface area contributed by atoms with Gasteiger partial charge in [0.2, 0.25) is 0 Å². The van der Waals surface area contributed by atoms with Crippen LogP contribution >= 0.6 is 0 Å². The van der Waals surface area contributed by atoms with E-state index in [9.17, 15) is 0 Å². The highest BCUT2D eigenvalue weighted by Crippen LogP contribution is 2.34. The second-order valence-electron chi connectivity index (χ2n) is 8.78. The number of hydrogen-bond acceptors (Lipinski definition) is 2. The molecule has 0 amide bonds. The standard InChI is InChI=1S/C26H38N2/c1-3-5-7-21-9-11-23(12-10-21)15-18-25-19-20-26(28-27-25)24-16-13-22(14-17-24)8-6-4-2/h13-14,16-17,19-21,23H,3-12,15,18H2,1-2H3. The second-order valence-corrected chi connectivity index (χ2v) is 8.78. The van der Waals surface area contributed by atoms with Gasteiger partial charge in [-0.1, -0.05) is 89.5 Å². The van der Waals surface area contributed by atoms with Gasteiger partial charge < -0.3 is 0 Å². The van der Waals surface area contributed by atoms with Gasteiger partial charge in [-0.05, 0) is 55.2 Å². The Morgan fingerprint density at radius 3 is 2.00 bits per heavy atom. The highest BCUT2D eigenvalue weighted by atomic mass is 15.1. The van der Waals surface area contributed by atoms with Crippen LogP contribution < -0.4 is 0 Å². The fraction of sp³-hybridized carbons (Fsp3) is 0.615. The molecule has 0 N–H and O–H groups in total. The Hall–Kier alpha value is -1.70. The van der Waals surface area contributed by atoms with Crippen molar-refractivity contribution < 1.29 is 0 Å². The van der Waals surface area contributed by atoms with Gasteiger partial charge in [0.05, 0.1) is 11.4 Å². The summed E-state index contributed by atoms with van der Waals surface area (Å²) in [6.07, 6.45) is 16.0. The van der Waals surface area contributed by atoms with Crippen molar-refractivity contribution in [3.8, 4) is 11.3 Å². The molecule has 152 valence electrons. The van der Waals surface area contributed by atoms with Crippen LogP contribution in [0.15, 0.2) is 36.4 Å². The molecule has 1 saturated carbocycles. The zero-order valence-electron chi connectivity index (χ0n) is 18.0. The van der Waals surface area contributed by atoms with E-state index in [4.69, 9.17) is 0 Å². The maximum absolute atomic E-state index is 4.52. The lowest BCUT2D eigenvalue weighted by atomic mass is 9.78. The Balaban J connectivity index is 1.44. The van der Waals surface area contributed by atoms with Gasteiger partial charge in [0.15, 0.2) is 0 Å². The normalized spacial score (nSPS) is 19.6. The number of aromatic nitrogens is 2. The third-order valence-electron chi connectivity index (χ3n) is 6.53. The topological polar surface area (TPSA) is 25.8 Å². The van der Waals surface area contributed by atoms with E-state index in [1.807, 2.05) is 0 Å². The third-order valence-corrected chi connectivity index (χ3v) is 6.53. The lowest BCUT2D eigenvalue weighted by molar-refractivity contribution is 0.249. The molecule has 1 aromatic heterocycles. The Morgan fingerprint density at radius 1 is 0.714 bits per heavy atom. The van der Waals surface area contributed by atoms with E-state index in [-0.39, 0.29) is 0 Å². The third kappa shape index (κ3) is 6.43. The van der Waals surface area contributed by atoms with Crippen LogP contribution in [0.5, 0.6) is 0 Å². The van der Waals surface area contributed by atoms with Crippen LogP contribution in [-0.2, 0) is 12.8 Å². The average molecular weight is 379 g/mol. The summed E-state index contributed by atoms with van der Waals surface area (Å²) in [6.45, 7) is 4.55. The molecule has 1 fully saturated rings. The molecular formula is C26H38N2. The summed E-state index contributed by atoms with van der Waals surface area (Å²) in [5.74, 6) is 1.90. The summed E-state index contributed by atoms with van der Waals surface area (Å²) in [4.78, 5) is 0. The molecule has 1 heterocycles. The molecule has 1 aliphatic carbocycles. The Kier molecular flexibility index (Phi) is 8.51. The number of aryl methyl sites for hydroxylation is 2. The van der Waals surface area contributed by atoms with Crippen LogP contribution in [-0.4, -0.2) is 10.2 Å². The van der Waals surface area contributed by atoms with Gasteiger partial charge in [-0.15, -0.1) is 0 Å². The maximum Gasteiger partial charge on any atom is 0.0929 e. The molecule has 3 rings (SSSR count). The average Bonchev–Trinajstić information content (AvgIpc) is 2.76. The zero-order valence-corrected chi connectivity index (χ0v) is 18.0. The van der Waals surface area contributed by atoms with E-state index in [1.165, 1.54) is 81.8 Å². The monoisotopic (exact) mass is 378 g/mol. The molecule has 0 bridgehead atoms. The highest BCUT2D eigenvalue weighted by molar-refractivity contribution is 5.58. The van der Waals surface area contributed by atoms with Crippen LogP contribution in [0.25, 0.3) is 11.3 Å². The smallest absolute Gasteiger partial charge is 0.0929 e. The quantitative estimate of drug-likeness (QED) is 0.430. The number of benzene rings is 1. The van der Waals surface area contributed by atoms with Gasteiger partial charge in [0.1, 0.15) is 0 Å². The molecular weight excluding hydrogens is 340 g/mol. The minimum atomic E-state index is 0.898. The molecule has 2 aromatic rings. The fourth-order valence-electron chi connectivity index (χ4n) is 4.52. The maximum atomic E-state index is 4.52. The van der Waals surface area contributed by atoms with Crippen molar-refractivity contribution in [2.75, 3.05) is 0 Å². The summed E-state index contributed by atoms with van der Waals surface area (Å²) in [7, 11) is 0. The molecule has 1 aliphatic rings. The van der Waals surface area contributed by atoms with Crippen LogP contribution in [0, 0.1) is 11.8 Å². The molecule has 1 aromatic carbocycles. The number of nitrogens with zero attached hydrogens (tertiary/aromatic N) is 2. The highest BCUT2D eigenvalue weighted by Gasteiger charge is 2.20. The zero-order chi connectivity index (χ0) is 19.6. The molecule has 0 radical (unpaired) electrons. The first kappa shape index (κ1) is 21.0. The van der Waals surface area contributed by atoms with Crippen LogP contribution in [0.3, 0.4) is 0 Å². The van der Waals surface area contributed by atoms with Crippen molar-refractivity contribution in [3.63, 3.8) is 0 Å². The lowest BCUT2D eigenvalue weighted by Crippen LogP contribution is -2.15. The Bertz CT molecular complexity index is 667. The van der Waals surface area contributed by atoms with E-state index >= 15 is 0 Å². The van der Waals surface area contributed by atoms with E-state index in [0.29, 0.717) is 0 Å². The van der Waals surface area contributed by atoms with Gasteiger partial charge in [-0.25, -0.2) is 0 Å². The van der Waals surface area contributed by atoms with Gasteiger partial charge in [0.25, 0.3) is 0 Å². The summed E-state index contributed by atoms with van der Waals surface area (Å²) in [5, 5.41) is 9.02. The van der Waals surface area contributed by atoms with Gasteiger partial charge in [-0.3, -0.25) is 0 Å². The first-order chi connectivity index (χ1) is 13.8. The second kappa shape index (κ2) is 11.3. The van der Waals surface area contributed by atoms with Gasteiger partial charge in [-0.2, -0.15) is 10.2 Å². The van der Waals surface area contributed by atoms with Crippen molar-refractivity contribution in [3.05, 3.63) is 47.7 Å². The molecule has 0 spiro atoms. The van der Waals surface area contributed by atoms with Crippen molar-refractivity contribution in [1.29, 1.82) is 0 Å². The lowest BCUT2D eigenvalue weighted by Gasteiger charge is -2.28. The number of unbranched alkanes of at least 4 members (excludes halogenated alkanes) is 2. The molecule has 2 nitrogen and oxygen atoms in total. The van der Waals surface area contributed by atoms with Crippen LogP contribution in [0.4, 0.5) is 0 Å². The number of hydrogen-bond donors (Lipinski definition) is 0. The van der Waals surface area contributed by atoms with Crippen molar-refractivity contribution in [2.24, 2.45) is 11.8 Å². The first-order valence-corrected chi connectivity index (χ1v) is 11.7. The molecule has 0 atom stereocenters. The number of rotatable bonds is 10. The minimum Gasteiger partial charge on any atom is -0.155 e. The molecule has 0 unspecified atom stereocenters. The largest absolute Gasteiger partial charge is 0.155 e. The van der Waals surface area contributed by atoms with Crippen molar-refractivity contribution in [2.45, 2.75) is 90.9 Å². The summed E-state index contributed by atoms with van der Waals surface area (Å²) in [6, 6.07) is 13.2. The van der Waals surface area contributed by atoms with E-state index < -0.39 is 0 Å². The summed E-state index contributed by atoms with van der Waals surface area (Å²) >= 11 is 0. The SMILES string of the molecule is CCCCc1ccc(-c2ccc(CCC3CCC(CCCC)CC3)nn2)cc1. The minimum absolute atomic E-state index is 0.898. The van der Waals surface area contributed by atoms with Crippen molar-refractivity contribution >= 4 is 0 Å². The van der Waals surface area contributed by atoms with Gasteiger partial charge in [0, 0.05) is 5.56 Å². The summed E-state index contributed by atoms with van der Waals surface area (Å²) < 4.78 is 0. The predicted octanol–water partition coefficient (Wildman–Crippen LogP) is 7.42. The fourth-order valence-corrected chi connectivity index (χ4v) is 4.52. The van der Waals surface area contributed by atoms with Gasteiger partial charge >= 0.3 is 0 Å². The van der Waals surface area contributed by atoms with Crippen LogP contribution in [0.1, 0.15) is 89.3 Å². The first-order valence-electron chi connectivity index (χ1n) is 11.7. The van der Waals surface area contributed by atoms with Crippen LogP contribution in [0.2, 0.25) is 0 Å². The Labute approximate surface area is 172 Å². The van der Waals surface area contributed by atoms with Crippen molar-refractivity contribution in [1.82, 2.24) is 10.2 Å².